The Morgan fingerprint density at radius 2 is 2.00 bits per heavy atom. The van der Waals surface area contributed by atoms with Gasteiger partial charge in [-0.2, -0.15) is 0 Å². The molecule has 0 fully saturated rings. The molecule has 1 aromatic rings. The van der Waals surface area contributed by atoms with Crippen LogP contribution in [0.4, 0.5) is 5.69 Å². The van der Waals surface area contributed by atoms with Gasteiger partial charge in [0.25, 0.3) is 11.6 Å². The molecular formula is C15H20ClN3O4. The van der Waals surface area contributed by atoms with Crippen LogP contribution in [0.2, 0.25) is 5.02 Å². The van der Waals surface area contributed by atoms with Crippen LogP contribution in [-0.4, -0.2) is 41.3 Å². The average Bonchev–Trinajstić information content (AvgIpc) is 2.50. The standard InChI is InChI=1S/C15H20ClN3O4/c1-5-18(4)15(21)13(9(2)3)17-14(20)11-7-6-10(19(22)23)8-12(11)16/h6-9,13H,5H2,1-4H3,(H,17,20). The van der Waals surface area contributed by atoms with E-state index in [2.05, 4.69) is 5.32 Å². The third kappa shape index (κ3) is 4.66. The zero-order valence-electron chi connectivity index (χ0n) is 13.5. The molecule has 1 rings (SSSR count). The molecule has 0 aliphatic carbocycles. The Morgan fingerprint density at radius 1 is 1.39 bits per heavy atom. The van der Waals surface area contributed by atoms with Gasteiger partial charge in [-0.1, -0.05) is 25.4 Å². The van der Waals surface area contributed by atoms with E-state index in [0.717, 1.165) is 6.07 Å². The van der Waals surface area contributed by atoms with Gasteiger partial charge < -0.3 is 10.2 Å². The van der Waals surface area contributed by atoms with Gasteiger partial charge in [0.1, 0.15) is 6.04 Å². The molecule has 1 N–H and O–H groups in total. The van der Waals surface area contributed by atoms with Crippen LogP contribution in [0.25, 0.3) is 0 Å². The van der Waals surface area contributed by atoms with Crippen molar-refractivity contribution in [2.75, 3.05) is 13.6 Å². The number of likely N-dealkylation sites (N-methyl/N-ethyl adjacent to an activating group) is 1. The smallest absolute Gasteiger partial charge is 0.270 e. The summed E-state index contributed by atoms with van der Waals surface area (Å²) in [6, 6.07) is 2.89. The number of nitro groups is 1. The van der Waals surface area contributed by atoms with Gasteiger partial charge in [-0.15, -0.1) is 0 Å². The van der Waals surface area contributed by atoms with Crippen LogP contribution in [0.1, 0.15) is 31.1 Å². The molecule has 0 aliphatic heterocycles. The van der Waals surface area contributed by atoms with Gasteiger partial charge in [0.15, 0.2) is 0 Å². The van der Waals surface area contributed by atoms with Crippen LogP contribution in [0.3, 0.4) is 0 Å². The topological polar surface area (TPSA) is 92.6 Å². The lowest BCUT2D eigenvalue weighted by Crippen LogP contribution is -2.50. The zero-order chi connectivity index (χ0) is 17.7. The molecule has 0 saturated heterocycles. The van der Waals surface area contributed by atoms with E-state index in [1.807, 2.05) is 20.8 Å². The lowest BCUT2D eigenvalue weighted by Gasteiger charge is -2.26. The molecule has 1 atom stereocenters. The van der Waals surface area contributed by atoms with Crippen molar-refractivity contribution in [1.29, 1.82) is 0 Å². The number of amides is 2. The molecule has 23 heavy (non-hydrogen) atoms. The quantitative estimate of drug-likeness (QED) is 0.635. The Bertz CT molecular complexity index is 619. The summed E-state index contributed by atoms with van der Waals surface area (Å²) < 4.78 is 0. The zero-order valence-corrected chi connectivity index (χ0v) is 14.3. The second-order valence-corrected chi connectivity index (χ2v) is 5.88. The van der Waals surface area contributed by atoms with Gasteiger partial charge in [-0.3, -0.25) is 19.7 Å². The third-order valence-corrected chi connectivity index (χ3v) is 3.79. The maximum absolute atomic E-state index is 12.3. The number of nitrogens with zero attached hydrogens (tertiary/aromatic N) is 2. The molecule has 0 aliphatic rings. The first-order valence-electron chi connectivity index (χ1n) is 7.18. The SMILES string of the molecule is CCN(C)C(=O)C(NC(=O)c1ccc([N+](=O)[O-])cc1Cl)C(C)C. The molecule has 0 bridgehead atoms. The maximum Gasteiger partial charge on any atom is 0.270 e. The monoisotopic (exact) mass is 341 g/mol. The minimum Gasteiger partial charge on any atom is -0.344 e. The molecular weight excluding hydrogens is 322 g/mol. The summed E-state index contributed by atoms with van der Waals surface area (Å²) in [6.45, 7) is 6.01. The average molecular weight is 342 g/mol. The van der Waals surface area contributed by atoms with Crippen molar-refractivity contribution < 1.29 is 14.5 Å². The highest BCUT2D eigenvalue weighted by Gasteiger charge is 2.27. The van der Waals surface area contributed by atoms with Crippen molar-refractivity contribution in [2.45, 2.75) is 26.8 Å². The summed E-state index contributed by atoms with van der Waals surface area (Å²) in [4.78, 5) is 36.3. The first kappa shape index (κ1) is 18.9. The molecule has 7 nitrogen and oxygen atoms in total. The number of carbonyl (C=O) groups is 2. The van der Waals surface area contributed by atoms with Gasteiger partial charge in [0.2, 0.25) is 5.91 Å². The van der Waals surface area contributed by atoms with Crippen LogP contribution in [-0.2, 0) is 4.79 Å². The summed E-state index contributed by atoms with van der Waals surface area (Å²) in [5.41, 5.74) is -0.108. The number of carbonyl (C=O) groups excluding carboxylic acids is 2. The normalized spacial score (nSPS) is 11.9. The minimum atomic E-state index is -0.696. The van der Waals surface area contributed by atoms with Gasteiger partial charge in [-0.25, -0.2) is 0 Å². The van der Waals surface area contributed by atoms with E-state index >= 15 is 0 Å². The third-order valence-electron chi connectivity index (χ3n) is 3.48. The van der Waals surface area contributed by atoms with Crippen molar-refractivity contribution in [3.63, 3.8) is 0 Å². The summed E-state index contributed by atoms with van der Waals surface area (Å²) in [5, 5.41) is 13.3. The van der Waals surface area contributed by atoms with Crippen molar-refractivity contribution in [3.05, 3.63) is 38.9 Å². The van der Waals surface area contributed by atoms with Gasteiger partial charge in [-0.05, 0) is 18.9 Å². The Balaban J connectivity index is 3.00. The highest BCUT2D eigenvalue weighted by atomic mass is 35.5. The number of benzene rings is 1. The second kappa shape index (κ2) is 7.92. The van der Waals surface area contributed by atoms with Crippen molar-refractivity contribution in [1.82, 2.24) is 10.2 Å². The number of nitrogens with one attached hydrogen (secondary N) is 1. The number of nitro benzene ring substituents is 1. The van der Waals surface area contributed by atoms with Crippen molar-refractivity contribution in [3.8, 4) is 0 Å². The number of rotatable bonds is 6. The van der Waals surface area contributed by atoms with Crippen molar-refractivity contribution >= 4 is 29.1 Å². The van der Waals surface area contributed by atoms with Crippen LogP contribution in [0.15, 0.2) is 18.2 Å². The Hall–Kier alpha value is -2.15. The van der Waals surface area contributed by atoms with Gasteiger partial charge in [0.05, 0.1) is 15.5 Å². The molecule has 0 saturated carbocycles. The summed E-state index contributed by atoms with van der Waals surface area (Å²) in [7, 11) is 1.66. The molecule has 0 spiro atoms. The first-order chi connectivity index (χ1) is 10.7. The van der Waals surface area contributed by atoms with E-state index < -0.39 is 16.9 Å². The maximum atomic E-state index is 12.3. The molecule has 126 valence electrons. The Labute approximate surface area is 139 Å². The highest BCUT2D eigenvalue weighted by molar-refractivity contribution is 6.34. The molecule has 1 unspecified atom stereocenters. The van der Waals surface area contributed by atoms with Crippen LogP contribution < -0.4 is 5.32 Å². The molecule has 0 aromatic heterocycles. The van der Waals surface area contributed by atoms with E-state index in [1.165, 1.54) is 17.0 Å². The lowest BCUT2D eigenvalue weighted by atomic mass is 10.0. The number of non-ortho nitro benzene ring substituents is 1. The van der Waals surface area contributed by atoms with Gasteiger partial charge in [0, 0.05) is 25.7 Å². The Morgan fingerprint density at radius 3 is 2.43 bits per heavy atom. The van der Waals surface area contributed by atoms with Crippen LogP contribution in [0.5, 0.6) is 0 Å². The fourth-order valence-corrected chi connectivity index (χ4v) is 2.19. The molecule has 1 aromatic carbocycles. The fourth-order valence-electron chi connectivity index (χ4n) is 1.93. The summed E-state index contributed by atoms with van der Waals surface area (Å²) >= 11 is 5.94. The highest BCUT2D eigenvalue weighted by Crippen LogP contribution is 2.22. The Kier molecular flexibility index (Phi) is 6.50. The molecule has 2 amide bonds. The van der Waals surface area contributed by atoms with E-state index in [1.54, 1.807) is 7.05 Å². The summed E-state index contributed by atoms with van der Waals surface area (Å²) in [6.07, 6.45) is 0. The van der Waals surface area contributed by atoms with E-state index in [0.29, 0.717) is 6.54 Å². The number of hydrogen-bond acceptors (Lipinski definition) is 4. The summed E-state index contributed by atoms with van der Waals surface area (Å²) in [5.74, 6) is -0.854. The van der Waals surface area contributed by atoms with Crippen molar-refractivity contribution in [2.24, 2.45) is 5.92 Å². The number of halogens is 1. The van der Waals surface area contributed by atoms with E-state index in [9.17, 15) is 19.7 Å². The van der Waals surface area contributed by atoms with E-state index in [4.69, 9.17) is 11.6 Å². The number of hydrogen-bond donors (Lipinski definition) is 1. The van der Waals surface area contributed by atoms with Gasteiger partial charge >= 0.3 is 0 Å². The molecule has 0 heterocycles. The largest absolute Gasteiger partial charge is 0.344 e. The van der Waals surface area contributed by atoms with Crippen LogP contribution in [0, 0.1) is 16.0 Å². The lowest BCUT2D eigenvalue weighted by molar-refractivity contribution is -0.384. The van der Waals surface area contributed by atoms with E-state index in [-0.39, 0.29) is 28.1 Å². The fraction of sp³-hybridized carbons (Fsp3) is 0.467. The molecule has 8 heteroatoms. The van der Waals surface area contributed by atoms with Crippen LogP contribution >= 0.6 is 11.6 Å². The first-order valence-corrected chi connectivity index (χ1v) is 7.56. The second-order valence-electron chi connectivity index (χ2n) is 5.47. The predicted octanol–water partition coefficient (Wildman–Crippen LogP) is 2.48. The predicted molar refractivity (Wildman–Crippen MR) is 87.5 cm³/mol. The molecule has 0 radical (unpaired) electrons. The minimum absolute atomic E-state index is 0.0319.